The second-order valence-electron chi connectivity index (χ2n) is 7.24. The third-order valence-corrected chi connectivity index (χ3v) is 8.44. The quantitative estimate of drug-likeness (QED) is 0.306. The summed E-state index contributed by atoms with van der Waals surface area (Å²) in [7, 11) is -0.617. The number of carboxylic acids is 1. The maximum atomic E-state index is 11.3. The predicted octanol–water partition coefficient (Wildman–Crippen LogP) is 3.65. The molecule has 0 heterocycles. The van der Waals surface area contributed by atoms with Crippen LogP contribution < -0.4 is 0 Å². The molecule has 0 aromatic heterocycles. The molecule has 1 rings (SSSR count). The van der Waals surface area contributed by atoms with E-state index in [1.807, 2.05) is 6.07 Å². The monoisotopic (exact) mass is 380 g/mol. The van der Waals surface area contributed by atoms with Crippen molar-refractivity contribution in [2.45, 2.75) is 45.5 Å². The molecule has 144 valence electrons. The largest absolute Gasteiger partial charge is 0.476 e. The maximum Gasteiger partial charge on any atom is 0.358 e. The van der Waals surface area contributed by atoms with Crippen molar-refractivity contribution in [3.05, 3.63) is 35.4 Å². The van der Waals surface area contributed by atoms with Gasteiger partial charge in [0.15, 0.2) is 5.71 Å². The molecular weight excluding hydrogens is 352 g/mol. The lowest BCUT2D eigenvalue weighted by atomic mass is 10.0. The molecule has 0 saturated heterocycles. The second kappa shape index (κ2) is 9.49. The number of aliphatic carboxylic acids is 1. The lowest BCUT2D eigenvalue weighted by Gasteiger charge is -2.33. The van der Waals surface area contributed by atoms with Crippen LogP contribution in [0, 0.1) is 0 Å². The Kier molecular flexibility index (Phi) is 7.97. The average molecular weight is 381 g/mol. The molecule has 0 aliphatic carbocycles. The molecule has 0 saturated carbocycles. The summed E-state index contributed by atoms with van der Waals surface area (Å²) in [5.41, 5.74) is 0.988. The van der Waals surface area contributed by atoms with E-state index < -0.39 is 14.3 Å². The first-order valence-electron chi connectivity index (χ1n) is 8.30. The summed E-state index contributed by atoms with van der Waals surface area (Å²) in [6, 6.07) is 7.00. The number of hydrogen-bond donors (Lipinski definition) is 1. The standard InChI is InChI=1S/C18H28N2O5Si/c1-18(2,3)26(5,6)25-19-11-12-24-13-14-9-7-8-10-15(14)16(17(21)22)20-23-4/h7-11H,12-13H2,1-6H3,(H,21,22)/b19-11+,20-16+. The van der Waals surface area contributed by atoms with Crippen molar-refractivity contribution in [2.75, 3.05) is 13.7 Å². The Labute approximate surface area is 155 Å². The van der Waals surface area contributed by atoms with Gasteiger partial charge in [0.25, 0.3) is 8.32 Å². The molecule has 0 aliphatic rings. The van der Waals surface area contributed by atoms with E-state index in [4.69, 9.17) is 9.26 Å². The Balaban J connectivity index is 2.66. The molecule has 0 unspecified atom stereocenters. The number of oxime groups is 2. The van der Waals surface area contributed by atoms with E-state index in [-0.39, 0.29) is 24.0 Å². The van der Waals surface area contributed by atoms with Crippen molar-refractivity contribution in [1.82, 2.24) is 0 Å². The van der Waals surface area contributed by atoms with Crippen LogP contribution >= 0.6 is 0 Å². The van der Waals surface area contributed by atoms with Gasteiger partial charge in [0.05, 0.1) is 19.4 Å². The zero-order valence-corrected chi connectivity index (χ0v) is 17.3. The number of carboxylic acid groups (broad SMARTS) is 1. The van der Waals surface area contributed by atoms with Crippen LogP contribution in [0.1, 0.15) is 31.9 Å². The number of nitrogens with zero attached hydrogens (tertiary/aromatic N) is 2. The summed E-state index contributed by atoms with van der Waals surface area (Å²) in [4.78, 5) is 16.0. The lowest BCUT2D eigenvalue weighted by Crippen LogP contribution is -2.39. The van der Waals surface area contributed by atoms with Gasteiger partial charge in [-0.2, -0.15) is 0 Å². The number of ether oxygens (including phenoxy) is 1. The van der Waals surface area contributed by atoms with Gasteiger partial charge < -0.3 is 19.2 Å². The molecule has 26 heavy (non-hydrogen) atoms. The molecule has 1 N–H and O–H groups in total. The van der Waals surface area contributed by atoms with Crippen LogP contribution in [-0.4, -0.2) is 45.0 Å². The Hall–Kier alpha value is -2.19. The molecule has 0 aliphatic heterocycles. The molecule has 7 nitrogen and oxygen atoms in total. The highest BCUT2D eigenvalue weighted by molar-refractivity contribution is 6.74. The third kappa shape index (κ3) is 6.27. The van der Waals surface area contributed by atoms with Crippen LogP contribution in [-0.2, 0) is 25.5 Å². The molecule has 0 bridgehead atoms. The van der Waals surface area contributed by atoms with E-state index in [1.54, 1.807) is 24.4 Å². The fourth-order valence-corrected chi connectivity index (χ4v) is 2.34. The molecule has 0 amide bonds. The van der Waals surface area contributed by atoms with E-state index in [1.165, 1.54) is 7.11 Å². The van der Waals surface area contributed by atoms with Crippen LogP contribution in [0.4, 0.5) is 0 Å². The van der Waals surface area contributed by atoms with Crippen LogP contribution in [0.3, 0.4) is 0 Å². The number of carbonyl (C=O) groups is 1. The molecule has 0 radical (unpaired) electrons. The van der Waals surface area contributed by atoms with Gasteiger partial charge in [-0.15, -0.1) is 5.16 Å². The Morgan fingerprint density at radius 2 is 1.92 bits per heavy atom. The van der Waals surface area contributed by atoms with Crippen molar-refractivity contribution in [3.8, 4) is 0 Å². The summed E-state index contributed by atoms with van der Waals surface area (Å²) in [5.74, 6) is -1.16. The van der Waals surface area contributed by atoms with Crippen LogP contribution in [0.2, 0.25) is 18.1 Å². The normalized spacial score (nSPS) is 13.1. The minimum Gasteiger partial charge on any atom is -0.476 e. The van der Waals surface area contributed by atoms with Crippen molar-refractivity contribution >= 4 is 26.2 Å². The molecule has 1 aromatic rings. The summed E-state index contributed by atoms with van der Waals surface area (Å²) >= 11 is 0. The SMILES string of the molecule is CO/N=C(/C(=O)O)c1ccccc1COC/C=N/O[Si](C)(C)C(C)(C)C. The summed E-state index contributed by atoms with van der Waals surface area (Å²) in [6.45, 7) is 11.1. The first-order valence-corrected chi connectivity index (χ1v) is 11.2. The van der Waals surface area contributed by atoms with Crippen LogP contribution in [0.25, 0.3) is 0 Å². The lowest BCUT2D eigenvalue weighted by molar-refractivity contribution is -0.129. The number of hydrogen-bond acceptors (Lipinski definition) is 6. The van der Waals surface area contributed by atoms with Crippen molar-refractivity contribution < 1.29 is 24.0 Å². The van der Waals surface area contributed by atoms with Crippen LogP contribution in [0.15, 0.2) is 34.6 Å². The van der Waals surface area contributed by atoms with Gasteiger partial charge in [0.1, 0.15) is 7.11 Å². The Morgan fingerprint density at radius 1 is 1.27 bits per heavy atom. The first kappa shape index (κ1) is 21.8. The Bertz CT molecular complexity index is 666. The summed E-state index contributed by atoms with van der Waals surface area (Å²) < 4.78 is 11.3. The first-order chi connectivity index (χ1) is 12.1. The minimum atomic E-state index is -1.92. The highest BCUT2D eigenvalue weighted by atomic mass is 28.4. The second-order valence-corrected chi connectivity index (χ2v) is 11.9. The van der Waals surface area contributed by atoms with Gasteiger partial charge in [-0.25, -0.2) is 4.79 Å². The number of benzene rings is 1. The molecular formula is C18H28N2O5Si. The van der Waals surface area contributed by atoms with Gasteiger partial charge in [0, 0.05) is 5.56 Å². The van der Waals surface area contributed by atoms with Gasteiger partial charge in [-0.05, 0) is 23.7 Å². The highest BCUT2D eigenvalue weighted by Gasteiger charge is 2.39. The maximum absolute atomic E-state index is 11.3. The minimum absolute atomic E-state index is 0.0814. The van der Waals surface area contributed by atoms with Gasteiger partial charge in [-0.1, -0.05) is 50.2 Å². The van der Waals surface area contributed by atoms with E-state index >= 15 is 0 Å². The molecule has 0 atom stereocenters. The topological polar surface area (TPSA) is 89.7 Å². The molecule has 0 fully saturated rings. The smallest absolute Gasteiger partial charge is 0.358 e. The van der Waals surface area contributed by atoms with Gasteiger partial charge in [-0.3, -0.25) is 0 Å². The fourth-order valence-electron chi connectivity index (χ4n) is 1.73. The fraction of sp³-hybridized carbons (Fsp3) is 0.500. The average Bonchev–Trinajstić information content (AvgIpc) is 2.55. The zero-order valence-electron chi connectivity index (χ0n) is 16.3. The molecule has 1 aromatic carbocycles. The van der Waals surface area contributed by atoms with Gasteiger partial charge in [0.2, 0.25) is 0 Å². The van der Waals surface area contributed by atoms with Crippen LogP contribution in [0.5, 0.6) is 0 Å². The number of rotatable bonds is 9. The predicted molar refractivity (Wildman–Crippen MR) is 104 cm³/mol. The summed E-state index contributed by atoms with van der Waals surface area (Å²) in [6.07, 6.45) is 1.57. The van der Waals surface area contributed by atoms with E-state index in [9.17, 15) is 9.90 Å². The zero-order chi connectivity index (χ0) is 19.8. The molecule has 8 heteroatoms. The summed E-state index contributed by atoms with van der Waals surface area (Å²) in [5, 5.41) is 17.0. The van der Waals surface area contributed by atoms with Gasteiger partial charge >= 0.3 is 5.97 Å². The highest BCUT2D eigenvalue weighted by Crippen LogP contribution is 2.36. The van der Waals surface area contributed by atoms with E-state index in [2.05, 4.69) is 49.0 Å². The molecule has 0 spiro atoms. The Morgan fingerprint density at radius 3 is 2.50 bits per heavy atom. The van der Waals surface area contributed by atoms with Crippen molar-refractivity contribution in [3.63, 3.8) is 0 Å². The van der Waals surface area contributed by atoms with E-state index in [0.717, 1.165) is 0 Å². The van der Waals surface area contributed by atoms with E-state index in [0.29, 0.717) is 11.1 Å². The van der Waals surface area contributed by atoms with Crippen molar-refractivity contribution in [1.29, 1.82) is 0 Å². The third-order valence-electron chi connectivity index (χ3n) is 4.27. The van der Waals surface area contributed by atoms with Crippen molar-refractivity contribution in [2.24, 2.45) is 10.3 Å².